The van der Waals surface area contributed by atoms with Crippen molar-refractivity contribution in [3.63, 3.8) is 0 Å². The fourth-order valence-electron chi connectivity index (χ4n) is 5.99. The highest BCUT2D eigenvalue weighted by atomic mass is 79.9. The van der Waals surface area contributed by atoms with Crippen molar-refractivity contribution in [1.82, 2.24) is 4.90 Å². The second kappa shape index (κ2) is 10.6. The zero-order chi connectivity index (χ0) is 26.2. The molecule has 2 fully saturated rings. The minimum atomic E-state index is -0.608. The topological polar surface area (TPSA) is 80.0 Å². The maximum atomic E-state index is 13.0. The number of aliphatic hydroxyl groups is 1. The molecule has 0 radical (unpaired) electrons. The van der Waals surface area contributed by atoms with Gasteiger partial charge in [0.1, 0.15) is 17.9 Å². The van der Waals surface area contributed by atoms with Gasteiger partial charge in [-0.2, -0.15) is 0 Å². The third kappa shape index (κ3) is 5.34. The van der Waals surface area contributed by atoms with Gasteiger partial charge in [-0.1, -0.05) is 40.9 Å². The molecule has 1 saturated heterocycles. The number of hydrogen-bond acceptors (Lipinski definition) is 5. The van der Waals surface area contributed by atoms with Crippen LogP contribution >= 0.6 is 15.9 Å². The number of carbonyl (C=O) groups excluding carboxylic acids is 1. The van der Waals surface area contributed by atoms with Crippen molar-refractivity contribution in [3.8, 4) is 5.75 Å². The first kappa shape index (κ1) is 26.0. The van der Waals surface area contributed by atoms with Crippen molar-refractivity contribution in [2.24, 2.45) is 5.92 Å². The predicted molar refractivity (Wildman–Crippen MR) is 147 cm³/mol. The molecule has 1 aliphatic carbocycles. The lowest BCUT2D eigenvalue weighted by Gasteiger charge is -2.47. The minimum absolute atomic E-state index is 0.0407. The average molecular weight is 569 g/mol. The van der Waals surface area contributed by atoms with Gasteiger partial charge in [0.15, 0.2) is 0 Å². The number of halogens is 1. The van der Waals surface area contributed by atoms with Crippen molar-refractivity contribution in [2.75, 3.05) is 13.1 Å². The molecule has 37 heavy (non-hydrogen) atoms. The van der Waals surface area contributed by atoms with Gasteiger partial charge in [-0.15, -0.1) is 0 Å². The van der Waals surface area contributed by atoms with Crippen LogP contribution in [0.4, 0.5) is 0 Å². The van der Waals surface area contributed by atoms with E-state index in [4.69, 9.17) is 9.15 Å². The van der Waals surface area contributed by atoms with Crippen molar-refractivity contribution < 1.29 is 19.1 Å². The molecule has 2 unspecified atom stereocenters. The number of fused-ring (bicyclic) bond motifs is 2. The molecule has 5 rings (SSSR count). The number of likely N-dealkylation sites (tertiary alicyclic amines) is 1. The summed E-state index contributed by atoms with van der Waals surface area (Å²) in [7, 11) is 0. The van der Waals surface area contributed by atoms with Crippen LogP contribution in [0.3, 0.4) is 0 Å². The first-order valence-corrected chi connectivity index (χ1v) is 14.0. The summed E-state index contributed by atoms with van der Waals surface area (Å²) >= 11 is 3.48. The Morgan fingerprint density at radius 2 is 2.03 bits per heavy atom. The smallest absolute Gasteiger partial charge is 0.339 e. The van der Waals surface area contributed by atoms with Crippen molar-refractivity contribution in [2.45, 2.75) is 71.0 Å². The van der Waals surface area contributed by atoms with E-state index < -0.39 is 11.2 Å². The van der Waals surface area contributed by atoms with E-state index in [-0.39, 0.29) is 18.2 Å². The summed E-state index contributed by atoms with van der Waals surface area (Å²) in [5.41, 5.74) is 2.73. The Balaban J connectivity index is 1.29. The fourth-order valence-corrected chi connectivity index (χ4v) is 6.44. The lowest BCUT2D eigenvalue weighted by molar-refractivity contribution is -0.143. The summed E-state index contributed by atoms with van der Waals surface area (Å²) in [6, 6.07) is 11.8. The van der Waals surface area contributed by atoms with Gasteiger partial charge in [-0.3, -0.25) is 4.79 Å². The molecule has 2 aliphatic rings. The highest BCUT2D eigenvalue weighted by Crippen LogP contribution is 2.40. The quantitative estimate of drug-likeness (QED) is 0.378. The molecule has 0 bridgehead atoms. The van der Waals surface area contributed by atoms with Crippen LogP contribution in [-0.2, 0) is 17.8 Å². The second-order valence-corrected chi connectivity index (χ2v) is 11.5. The molecule has 1 aromatic heterocycles. The van der Waals surface area contributed by atoms with E-state index in [9.17, 15) is 14.7 Å². The van der Waals surface area contributed by atoms with Gasteiger partial charge in [-0.25, -0.2) is 4.79 Å². The number of aryl methyl sites for hydroxylation is 2. The number of hydrogen-bond donors (Lipinski definition) is 1. The Morgan fingerprint density at radius 3 is 2.84 bits per heavy atom. The summed E-state index contributed by atoms with van der Waals surface area (Å²) in [5, 5.41) is 11.8. The number of piperidine rings is 1. The van der Waals surface area contributed by atoms with Crippen molar-refractivity contribution in [3.05, 3.63) is 73.5 Å². The lowest BCUT2D eigenvalue weighted by Crippen LogP contribution is -2.54. The molecular weight excluding hydrogens is 534 g/mol. The Labute approximate surface area is 225 Å². The zero-order valence-electron chi connectivity index (χ0n) is 21.5. The molecular formula is C30H34BrNO5. The number of nitrogens with zero attached hydrogens (tertiary/aromatic N) is 1. The third-order valence-electron chi connectivity index (χ3n) is 8.31. The van der Waals surface area contributed by atoms with E-state index in [0.29, 0.717) is 49.4 Å². The maximum absolute atomic E-state index is 13.0. The molecule has 1 amide bonds. The van der Waals surface area contributed by atoms with Crippen LogP contribution in [0.2, 0.25) is 0 Å². The summed E-state index contributed by atoms with van der Waals surface area (Å²) < 4.78 is 12.8. The normalized spacial score (nSPS) is 21.6. The van der Waals surface area contributed by atoms with Crippen LogP contribution in [0.25, 0.3) is 11.0 Å². The molecule has 1 aliphatic heterocycles. The Hall–Kier alpha value is -2.64. The van der Waals surface area contributed by atoms with Crippen LogP contribution in [-0.4, -0.2) is 34.6 Å². The number of carbonyl (C=O) groups is 1. The first-order chi connectivity index (χ1) is 17.7. The molecule has 2 aromatic carbocycles. The van der Waals surface area contributed by atoms with Gasteiger partial charge in [0.2, 0.25) is 5.91 Å². The molecule has 1 N–H and O–H groups in total. The zero-order valence-corrected chi connectivity index (χ0v) is 23.1. The summed E-state index contributed by atoms with van der Waals surface area (Å²) in [4.78, 5) is 27.9. The van der Waals surface area contributed by atoms with Crippen molar-refractivity contribution in [1.29, 1.82) is 0 Å². The average Bonchev–Trinajstić information content (AvgIpc) is 2.88. The van der Waals surface area contributed by atoms with E-state index in [2.05, 4.69) is 15.9 Å². The third-order valence-corrected chi connectivity index (χ3v) is 8.80. The largest absolute Gasteiger partial charge is 0.488 e. The predicted octanol–water partition coefficient (Wildman–Crippen LogP) is 5.84. The van der Waals surface area contributed by atoms with Crippen LogP contribution in [0.5, 0.6) is 5.75 Å². The van der Waals surface area contributed by atoms with Gasteiger partial charge in [0.25, 0.3) is 0 Å². The van der Waals surface area contributed by atoms with E-state index in [1.54, 1.807) is 0 Å². The van der Waals surface area contributed by atoms with E-state index in [1.165, 1.54) is 0 Å². The Morgan fingerprint density at radius 1 is 1.19 bits per heavy atom. The SMILES string of the molecule is Cc1c(CCC(=O)N2CCC3(O)CCCCC3C2)c(=O)oc2c(C)c(OCc3cccc(Br)c3)ccc12. The second-order valence-electron chi connectivity index (χ2n) is 10.6. The molecule has 3 aromatic rings. The van der Waals surface area contributed by atoms with Gasteiger partial charge in [0, 0.05) is 46.4 Å². The highest BCUT2D eigenvalue weighted by Gasteiger charge is 2.43. The van der Waals surface area contributed by atoms with Gasteiger partial charge < -0.3 is 19.2 Å². The first-order valence-electron chi connectivity index (χ1n) is 13.2. The van der Waals surface area contributed by atoms with E-state index in [1.807, 2.05) is 55.1 Å². The summed E-state index contributed by atoms with van der Waals surface area (Å²) in [6.45, 7) is 5.42. The molecule has 1 saturated carbocycles. The van der Waals surface area contributed by atoms with Crippen LogP contribution in [0.15, 0.2) is 50.1 Å². The number of rotatable bonds is 6. The number of amides is 1. The fraction of sp³-hybridized carbons (Fsp3) is 0.467. The summed E-state index contributed by atoms with van der Waals surface area (Å²) in [5.74, 6) is 0.874. The standard InChI is InChI=1S/C30H34BrNO5/c1-19-24-9-11-26(36-18-21-6-5-8-23(31)16-21)20(2)28(24)37-29(34)25(19)10-12-27(33)32-15-14-30(35)13-4-3-7-22(30)17-32/h5-6,8-9,11,16,22,35H,3-4,7,10,12-15,17-18H2,1-2H3. The number of benzene rings is 2. The molecule has 7 heteroatoms. The summed E-state index contributed by atoms with van der Waals surface area (Å²) in [6.07, 6.45) is 5.24. The molecule has 2 atom stereocenters. The molecule has 196 valence electrons. The van der Waals surface area contributed by atoms with Gasteiger partial charge >= 0.3 is 5.63 Å². The maximum Gasteiger partial charge on any atom is 0.339 e. The number of ether oxygens (including phenoxy) is 1. The Bertz CT molecular complexity index is 1380. The van der Waals surface area contributed by atoms with E-state index in [0.717, 1.165) is 52.2 Å². The highest BCUT2D eigenvalue weighted by molar-refractivity contribution is 9.10. The van der Waals surface area contributed by atoms with Crippen LogP contribution < -0.4 is 10.4 Å². The van der Waals surface area contributed by atoms with Gasteiger partial charge in [-0.05, 0) is 74.9 Å². The molecule has 2 heterocycles. The van der Waals surface area contributed by atoms with Crippen LogP contribution in [0, 0.1) is 19.8 Å². The lowest BCUT2D eigenvalue weighted by atomic mass is 9.71. The van der Waals surface area contributed by atoms with Crippen molar-refractivity contribution >= 4 is 32.8 Å². The van der Waals surface area contributed by atoms with E-state index >= 15 is 0 Å². The Kier molecular flexibility index (Phi) is 7.46. The van der Waals surface area contributed by atoms with Crippen LogP contribution in [0.1, 0.15) is 60.8 Å². The monoisotopic (exact) mass is 567 g/mol. The van der Waals surface area contributed by atoms with Gasteiger partial charge in [0.05, 0.1) is 5.60 Å². The minimum Gasteiger partial charge on any atom is -0.488 e. The molecule has 6 nitrogen and oxygen atoms in total. The molecule has 0 spiro atoms.